The third-order valence-electron chi connectivity index (χ3n) is 16.0. The van der Waals surface area contributed by atoms with Gasteiger partial charge in [0.1, 0.15) is 19.8 Å². The fraction of sp³-hybridized carbons (Fsp3) is 0.942. The van der Waals surface area contributed by atoms with Crippen molar-refractivity contribution < 1.29 is 42.1 Å². The smallest absolute Gasteiger partial charge is 0.306 e. The van der Waals surface area contributed by atoms with Crippen LogP contribution >= 0.6 is 7.82 Å². The Kier molecular flexibility index (Phi) is 60.3. The Morgan fingerprint density at radius 3 is 0.937 bits per heavy atom. The average Bonchev–Trinajstić information content (AvgIpc) is 3.41. The van der Waals surface area contributed by atoms with Crippen molar-refractivity contribution in [2.24, 2.45) is 0 Å². The van der Waals surface area contributed by atoms with E-state index in [4.69, 9.17) is 18.5 Å². The van der Waals surface area contributed by atoms with E-state index in [1.54, 1.807) is 0 Å². The van der Waals surface area contributed by atoms with Crippen LogP contribution in [0.25, 0.3) is 0 Å². The minimum absolute atomic E-state index is 0.0257. The number of quaternary nitrogens is 1. The first-order valence-electron chi connectivity index (χ1n) is 34.9. The second kappa shape index (κ2) is 61.3. The molecule has 0 aliphatic carbocycles. The van der Waals surface area contributed by atoms with Gasteiger partial charge in [-0.3, -0.25) is 14.2 Å². The topological polar surface area (TPSA) is 111 Å². The van der Waals surface area contributed by atoms with Gasteiger partial charge in [0.2, 0.25) is 0 Å². The van der Waals surface area contributed by atoms with Crippen LogP contribution in [0.3, 0.4) is 0 Å². The summed E-state index contributed by atoms with van der Waals surface area (Å²) in [6.07, 6.45) is 74.6. The zero-order valence-corrected chi connectivity index (χ0v) is 54.5. The van der Waals surface area contributed by atoms with E-state index in [1.165, 1.54) is 302 Å². The molecule has 9 nitrogen and oxygen atoms in total. The predicted molar refractivity (Wildman–Crippen MR) is 338 cm³/mol. The number of carbonyl (C=O) groups is 2. The summed E-state index contributed by atoms with van der Waals surface area (Å²) in [6.45, 7) is 4.31. The second-order valence-electron chi connectivity index (χ2n) is 25.3. The Hall–Kier alpha value is -1.25. The standard InChI is InChI=1S/C69H136NO8P/c1-6-8-10-12-14-16-18-20-22-24-25-26-27-28-29-30-31-32-33-34-35-36-37-38-39-40-41-42-43-44-45-46-48-50-52-54-56-58-60-62-69(72)78-67(66-77-79(73,74)76-64-63-70(3,4)5)65-75-68(71)61-59-57-55-53-51-49-47-23-21-19-17-15-13-11-9-7-2/h24-25,67H,6-23,26-66H2,1-5H3/b25-24-. The summed E-state index contributed by atoms with van der Waals surface area (Å²) < 4.78 is 34.3. The fourth-order valence-corrected chi connectivity index (χ4v) is 11.4. The molecule has 0 aromatic carbocycles. The summed E-state index contributed by atoms with van der Waals surface area (Å²) >= 11 is 0. The monoisotopic (exact) mass is 1140 g/mol. The number of hydrogen-bond acceptors (Lipinski definition) is 8. The summed E-state index contributed by atoms with van der Waals surface area (Å²) in [5.74, 6) is -0.809. The molecule has 2 unspecified atom stereocenters. The van der Waals surface area contributed by atoms with Crippen LogP contribution in [-0.4, -0.2) is 70.0 Å². The number of esters is 2. The normalized spacial score (nSPS) is 13.1. The zero-order valence-electron chi connectivity index (χ0n) is 53.6. The molecule has 0 aromatic rings. The van der Waals surface area contributed by atoms with E-state index in [9.17, 15) is 19.0 Å². The number of ether oxygens (including phenoxy) is 2. The first kappa shape index (κ1) is 77.8. The number of unbranched alkanes of at least 4 members (excludes halogenated alkanes) is 50. The van der Waals surface area contributed by atoms with Crippen molar-refractivity contribution in [1.29, 1.82) is 0 Å². The van der Waals surface area contributed by atoms with E-state index in [0.717, 1.165) is 32.1 Å². The molecule has 79 heavy (non-hydrogen) atoms. The molecule has 0 aliphatic heterocycles. The van der Waals surface area contributed by atoms with Gasteiger partial charge < -0.3 is 27.9 Å². The molecular formula is C69H136NO8P. The molecule has 0 heterocycles. The van der Waals surface area contributed by atoms with E-state index < -0.39 is 26.5 Å². The fourth-order valence-electron chi connectivity index (χ4n) is 10.7. The average molecular weight is 1140 g/mol. The molecular weight excluding hydrogens is 1000 g/mol. The molecule has 0 saturated carbocycles. The van der Waals surface area contributed by atoms with E-state index >= 15 is 0 Å². The van der Waals surface area contributed by atoms with Crippen LogP contribution in [0.1, 0.15) is 367 Å². The summed E-state index contributed by atoms with van der Waals surface area (Å²) in [5.41, 5.74) is 0. The molecule has 0 rings (SSSR count). The number of carbonyl (C=O) groups excluding carboxylic acids is 2. The molecule has 0 N–H and O–H groups in total. The highest BCUT2D eigenvalue weighted by Crippen LogP contribution is 2.38. The van der Waals surface area contributed by atoms with Crippen molar-refractivity contribution in [2.75, 3.05) is 47.5 Å². The van der Waals surface area contributed by atoms with Gasteiger partial charge in [-0.25, -0.2) is 0 Å². The van der Waals surface area contributed by atoms with Crippen molar-refractivity contribution in [3.8, 4) is 0 Å². The van der Waals surface area contributed by atoms with Crippen molar-refractivity contribution in [2.45, 2.75) is 373 Å². The first-order valence-corrected chi connectivity index (χ1v) is 36.4. The first-order chi connectivity index (χ1) is 38.5. The van der Waals surface area contributed by atoms with Crippen molar-refractivity contribution in [3.05, 3.63) is 12.2 Å². The van der Waals surface area contributed by atoms with E-state index in [-0.39, 0.29) is 32.0 Å². The van der Waals surface area contributed by atoms with Crippen LogP contribution < -0.4 is 4.89 Å². The van der Waals surface area contributed by atoms with E-state index in [2.05, 4.69) is 26.0 Å². The van der Waals surface area contributed by atoms with Gasteiger partial charge in [0.25, 0.3) is 7.82 Å². The van der Waals surface area contributed by atoms with Crippen molar-refractivity contribution >= 4 is 19.8 Å². The van der Waals surface area contributed by atoms with Crippen molar-refractivity contribution in [3.63, 3.8) is 0 Å². The zero-order chi connectivity index (χ0) is 57.7. The second-order valence-corrected chi connectivity index (χ2v) is 26.7. The number of phosphoric ester groups is 1. The molecule has 470 valence electrons. The minimum Gasteiger partial charge on any atom is -0.756 e. The SMILES string of the molecule is CCCCCCCCCC/C=C\CCCCCCCCCCCCCCCCCCCCCCCCCCCCCC(=O)OC(COC(=O)CCCCCCCCCCCCCCCCCC)COP(=O)([O-])OCC[N+](C)(C)C. The lowest BCUT2D eigenvalue weighted by atomic mass is 10.0. The lowest BCUT2D eigenvalue weighted by molar-refractivity contribution is -0.870. The summed E-state index contributed by atoms with van der Waals surface area (Å²) in [5, 5.41) is 0. The highest BCUT2D eigenvalue weighted by Gasteiger charge is 2.22. The van der Waals surface area contributed by atoms with Gasteiger partial charge in [-0.1, -0.05) is 328 Å². The molecule has 0 aliphatic rings. The quantitative estimate of drug-likeness (QED) is 0.0195. The Balaban J connectivity index is 3.85. The summed E-state index contributed by atoms with van der Waals surface area (Å²) in [7, 11) is 1.19. The number of nitrogens with zero attached hydrogens (tertiary/aromatic N) is 1. The van der Waals surface area contributed by atoms with E-state index in [0.29, 0.717) is 17.4 Å². The number of allylic oxidation sites excluding steroid dienone is 2. The number of likely N-dealkylation sites (N-methyl/N-ethyl adjacent to an activating group) is 1. The lowest BCUT2D eigenvalue weighted by Crippen LogP contribution is -2.37. The Labute approximate surface area is 492 Å². The predicted octanol–water partition coefficient (Wildman–Crippen LogP) is 21.7. The van der Waals surface area contributed by atoms with Crippen LogP contribution in [0.2, 0.25) is 0 Å². The van der Waals surface area contributed by atoms with Gasteiger partial charge in [-0.05, 0) is 38.5 Å². The maximum absolute atomic E-state index is 12.8. The summed E-state index contributed by atoms with van der Waals surface area (Å²) in [4.78, 5) is 37.9. The number of phosphoric acid groups is 1. The molecule has 0 amide bonds. The minimum atomic E-state index is -4.63. The van der Waals surface area contributed by atoms with E-state index in [1.807, 2.05) is 21.1 Å². The highest BCUT2D eigenvalue weighted by molar-refractivity contribution is 7.45. The van der Waals surface area contributed by atoms with Gasteiger partial charge in [-0.2, -0.15) is 0 Å². The summed E-state index contributed by atoms with van der Waals surface area (Å²) in [6, 6.07) is 0. The molecule has 0 fully saturated rings. The molecule has 10 heteroatoms. The van der Waals surface area contributed by atoms with Crippen LogP contribution in [0, 0.1) is 0 Å². The largest absolute Gasteiger partial charge is 0.756 e. The number of rotatable bonds is 66. The number of hydrogen-bond donors (Lipinski definition) is 0. The Morgan fingerprint density at radius 1 is 0.380 bits per heavy atom. The maximum Gasteiger partial charge on any atom is 0.306 e. The van der Waals surface area contributed by atoms with Crippen molar-refractivity contribution in [1.82, 2.24) is 0 Å². The molecule has 0 bridgehead atoms. The molecule has 0 radical (unpaired) electrons. The van der Waals surface area contributed by atoms with Gasteiger partial charge in [-0.15, -0.1) is 0 Å². The van der Waals surface area contributed by atoms with Crippen LogP contribution in [0.5, 0.6) is 0 Å². The maximum atomic E-state index is 12.8. The van der Waals surface area contributed by atoms with Gasteiger partial charge in [0.05, 0.1) is 27.7 Å². The third-order valence-corrected chi connectivity index (χ3v) is 17.0. The van der Waals surface area contributed by atoms with Gasteiger partial charge >= 0.3 is 11.9 Å². The van der Waals surface area contributed by atoms with Gasteiger partial charge in [0.15, 0.2) is 6.10 Å². The van der Waals surface area contributed by atoms with Gasteiger partial charge in [0, 0.05) is 12.8 Å². The Morgan fingerprint density at radius 2 is 0.646 bits per heavy atom. The van der Waals surface area contributed by atoms with Crippen LogP contribution in [-0.2, 0) is 32.7 Å². The third kappa shape index (κ3) is 65.8. The molecule has 0 saturated heterocycles. The van der Waals surface area contributed by atoms with Crippen LogP contribution in [0.4, 0.5) is 0 Å². The highest BCUT2D eigenvalue weighted by atomic mass is 31.2. The molecule has 2 atom stereocenters. The molecule has 0 spiro atoms. The van der Waals surface area contributed by atoms with Crippen LogP contribution in [0.15, 0.2) is 12.2 Å². The lowest BCUT2D eigenvalue weighted by Gasteiger charge is -2.28. The Bertz CT molecular complexity index is 1340. The molecule has 0 aromatic heterocycles.